The number of alkyl halides is 3. The quantitative estimate of drug-likeness (QED) is 0.592. The molecular weight excluding hydrogens is 435 g/mol. The van der Waals surface area contributed by atoms with Gasteiger partial charge in [0, 0.05) is 11.4 Å². The van der Waals surface area contributed by atoms with Crippen LogP contribution < -0.4 is 4.72 Å². The van der Waals surface area contributed by atoms with Crippen LogP contribution in [0.15, 0.2) is 48.5 Å². The largest absolute Gasteiger partial charge is 0.416 e. The van der Waals surface area contributed by atoms with Crippen molar-refractivity contribution in [2.24, 2.45) is 0 Å². The number of sulfonamides is 1. The Kier molecular flexibility index (Phi) is 5.92. The fourth-order valence-electron chi connectivity index (χ4n) is 2.32. The first-order chi connectivity index (χ1) is 13.1. The molecule has 148 valence electrons. The Labute approximate surface area is 168 Å². The number of benzene rings is 2. The van der Waals surface area contributed by atoms with Gasteiger partial charge in [-0.1, -0.05) is 47.2 Å². The van der Waals surface area contributed by atoms with E-state index < -0.39 is 27.5 Å². The molecule has 1 aromatic heterocycles. The Hall–Kier alpha value is -2.17. The number of nitrogens with zero attached hydrogens (tertiary/aromatic N) is 2. The third-order valence-electron chi connectivity index (χ3n) is 3.62. The minimum atomic E-state index is -4.47. The summed E-state index contributed by atoms with van der Waals surface area (Å²) in [6.07, 6.45) is -4.00. The number of halogens is 4. The lowest BCUT2D eigenvalue weighted by Gasteiger charge is -2.08. The van der Waals surface area contributed by atoms with E-state index in [4.69, 9.17) is 11.6 Å². The molecule has 0 saturated heterocycles. The van der Waals surface area contributed by atoms with Crippen LogP contribution in [0.5, 0.6) is 0 Å². The van der Waals surface area contributed by atoms with E-state index in [0.717, 1.165) is 41.2 Å². The average molecular weight is 448 g/mol. The number of hydrogen-bond acceptors (Lipinski definition) is 5. The van der Waals surface area contributed by atoms with Crippen LogP contribution in [0.1, 0.15) is 21.7 Å². The minimum absolute atomic E-state index is 0.0934. The molecule has 1 heterocycles. The predicted octanol–water partition coefficient (Wildman–Crippen LogP) is 4.74. The summed E-state index contributed by atoms with van der Waals surface area (Å²) in [5.41, 5.74) is 0.337. The van der Waals surface area contributed by atoms with Crippen LogP contribution in [0, 0.1) is 0 Å². The molecule has 0 saturated carbocycles. The van der Waals surface area contributed by atoms with E-state index in [-0.39, 0.29) is 10.7 Å². The van der Waals surface area contributed by atoms with Crippen molar-refractivity contribution in [3.8, 4) is 0 Å². The molecule has 0 atom stereocenters. The second-order valence-corrected chi connectivity index (χ2v) is 9.08. The maximum atomic E-state index is 12.6. The van der Waals surface area contributed by atoms with Crippen LogP contribution in [0.3, 0.4) is 0 Å². The lowest BCUT2D eigenvalue weighted by molar-refractivity contribution is -0.137. The van der Waals surface area contributed by atoms with E-state index >= 15 is 0 Å². The number of hydrogen-bond donors (Lipinski definition) is 1. The number of anilines is 1. The molecule has 11 heteroatoms. The minimum Gasteiger partial charge on any atom is -0.257 e. The zero-order valence-corrected chi connectivity index (χ0v) is 16.5. The van der Waals surface area contributed by atoms with Gasteiger partial charge >= 0.3 is 6.18 Å². The normalized spacial score (nSPS) is 12.1. The van der Waals surface area contributed by atoms with Gasteiger partial charge in [0.05, 0.1) is 11.3 Å². The molecule has 0 amide bonds. The molecule has 3 rings (SSSR count). The van der Waals surface area contributed by atoms with Gasteiger partial charge in [0.2, 0.25) is 15.2 Å². The SMILES string of the molecule is O=S(=O)(Cc1ccc(C(F)(F)F)cc1)Nc1nnc(Cc2ccc(Cl)cc2)s1. The van der Waals surface area contributed by atoms with E-state index in [1.165, 1.54) is 0 Å². The van der Waals surface area contributed by atoms with Gasteiger partial charge in [-0.2, -0.15) is 13.2 Å². The average Bonchev–Trinajstić information content (AvgIpc) is 3.02. The van der Waals surface area contributed by atoms with Crippen molar-refractivity contribution in [2.75, 3.05) is 4.72 Å². The molecule has 28 heavy (non-hydrogen) atoms. The van der Waals surface area contributed by atoms with Crippen molar-refractivity contribution in [2.45, 2.75) is 18.3 Å². The third kappa shape index (κ3) is 5.66. The second-order valence-electron chi connectivity index (χ2n) is 5.86. The smallest absolute Gasteiger partial charge is 0.257 e. The molecule has 0 radical (unpaired) electrons. The summed E-state index contributed by atoms with van der Waals surface area (Å²) < 4.78 is 64.5. The van der Waals surface area contributed by atoms with Gasteiger partial charge in [0.15, 0.2) is 0 Å². The highest BCUT2D eigenvalue weighted by molar-refractivity contribution is 7.92. The Morgan fingerprint density at radius 2 is 1.57 bits per heavy atom. The number of nitrogens with one attached hydrogen (secondary N) is 1. The van der Waals surface area contributed by atoms with E-state index in [1.807, 2.05) is 12.1 Å². The van der Waals surface area contributed by atoms with Crippen molar-refractivity contribution in [1.82, 2.24) is 10.2 Å². The molecule has 0 unspecified atom stereocenters. The fraction of sp³-hybridized carbons (Fsp3) is 0.176. The van der Waals surface area contributed by atoms with Gasteiger partial charge in [0.25, 0.3) is 0 Å². The zero-order chi connectivity index (χ0) is 20.4. The summed E-state index contributed by atoms with van der Waals surface area (Å²) >= 11 is 6.91. The standard InChI is InChI=1S/C17H13ClF3N3O2S2/c18-14-7-3-11(4-8-14)9-15-22-23-16(27-15)24-28(25,26)10-12-1-5-13(6-2-12)17(19,20)21/h1-8H,9-10H2,(H,23,24). The molecule has 5 nitrogen and oxygen atoms in total. The molecule has 0 aliphatic rings. The summed E-state index contributed by atoms with van der Waals surface area (Å²) in [6.45, 7) is 0. The van der Waals surface area contributed by atoms with Crippen LogP contribution in [0.25, 0.3) is 0 Å². The fourth-order valence-corrected chi connectivity index (χ4v) is 4.63. The van der Waals surface area contributed by atoms with Gasteiger partial charge < -0.3 is 0 Å². The maximum absolute atomic E-state index is 12.6. The lowest BCUT2D eigenvalue weighted by atomic mass is 10.1. The molecule has 0 aliphatic carbocycles. The van der Waals surface area contributed by atoms with Crippen molar-refractivity contribution in [1.29, 1.82) is 0 Å². The van der Waals surface area contributed by atoms with Gasteiger partial charge in [0.1, 0.15) is 5.01 Å². The molecule has 2 aromatic carbocycles. The Morgan fingerprint density at radius 1 is 0.964 bits per heavy atom. The molecule has 0 spiro atoms. The van der Waals surface area contributed by atoms with E-state index in [1.54, 1.807) is 12.1 Å². The van der Waals surface area contributed by atoms with Crippen LogP contribution in [-0.4, -0.2) is 18.6 Å². The summed E-state index contributed by atoms with van der Waals surface area (Å²) in [5.74, 6) is -0.475. The number of rotatable bonds is 6. The first-order valence-corrected chi connectivity index (χ1v) is 10.7. The van der Waals surface area contributed by atoms with Gasteiger partial charge in [-0.25, -0.2) is 8.42 Å². The first kappa shape index (κ1) is 20.6. The second kappa shape index (κ2) is 8.06. The van der Waals surface area contributed by atoms with Crippen LogP contribution in [0.2, 0.25) is 5.02 Å². The van der Waals surface area contributed by atoms with E-state index in [9.17, 15) is 21.6 Å². The third-order valence-corrected chi connectivity index (χ3v) is 6.05. The maximum Gasteiger partial charge on any atom is 0.416 e. The Balaban J connectivity index is 1.64. The van der Waals surface area contributed by atoms with Crippen LogP contribution >= 0.6 is 22.9 Å². The highest BCUT2D eigenvalue weighted by Gasteiger charge is 2.30. The van der Waals surface area contributed by atoms with Gasteiger partial charge in [-0.05, 0) is 35.4 Å². The Bertz CT molecular complexity index is 1050. The lowest BCUT2D eigenvalue weighted by Crippen LogP contribution is -2.15. The van der Waals surface area contributed by atoms with Crippen molar-refractivity contribution in [3.05, 3.63) is 75.3 Å². The topological polar surface area (TPSA) is 72.0 Å². The number of aromatic nitrogens is 2. The molecule has 1 N–H and O–H groups in total. The summed E-state index contributed by atoms with van der Waals surface area (Å²) in [7, 11) is -3.84. The molecule has 0 bridgehead atoms. The van der Waals surface area contributed by atoms with Crippen LogP contribution in [0.4, 0.5) is 18.3 Å². The molecule has 0 fully saturated rings. The van der Waals surface area contributed by atoms with Gasteiger partial charge in [-0.3, -0.25) is 4.72 Å². The highest BCUT2D eigenvalue weighted by Crippen LogP contribution is 2.29. The Morgan fingerprint density at radius 3 is 2.18 bits per heavy atom. The van der Waals surface area contributed by atoms with Gasteiger partial charge in [-0.15, -0.1) is 10.2 Å². The van der Waals surface area contributed by atoms with Crippen molar-refractivity contribution < 1.29 is 21.6 Å². The first-order valence-electron chi connectivity index (χ1n) is 7.84. The molecule has 0 aliphatic heterocycles. The van der Waals surface area contributed by atoms with E-state index in [2.05, 4.69) is 14.9 Å². The molecule has 3 aromatic rings. The summed E-state index contributed by atoms with van der Waals surface area (Å²) in [4.78, 5) is 0. The molecular formula is C17H13ClF3N3O2S2. The zero-order valence-electron chi connectivity index (χ0n) is 14.1. The van der Waals surface area contributed by atoms with Crippen molar-refractivity contribution in [3.63, 3.8) is 0 Å². The summed E-state index contributed by atoms with van der Waals surface area (Å²) in [6, 6.07) is 11.1. The van der Waals surface area contributed by atoms with Crippen molar-refractivity contribution >= 4 is 38.1 Å². The monoisotopic (exact) mass is 447 g/mol. The predicted molar refractivity (Wildman–Crippen MR) is 102 cm³/mol. The summed E-state index contributed by atoms with van der Waals surface area (Å²) in [5, 5.41) is 9.06. The van der Waals surface area contributed by atoms with Crippen LogP contribution in [-0.2, 0) is 28.4 Å². The van der Waals surface area contributed by atoms with E-state index in [0.29, 0.717) is 16.5 Å². The highest BCUT2D eigenvalue weighted by atomic mass is 35.5.